The zero-order chi connectivity index (χ0) is 29.2. The summed E-state index contributed by atoms with van der Waals surface area (Å²) in [5, 5.41) is 25.2. The van der Waals surface area contributed by atoms with E-state index in [0.717, 1.165) is 0 Å². The smallest absolute Gasteiger partial charge is 0.323 e. The van der Waals surface area contributed by atoms with Crippen molar-refractivity contribution in [1.82, 2.24) is 24.6 Å². The second-order valence-electron chi connectivity index (χ2n) is 9.45. The molecule has 0 saturated carbocycles. The molecule has 0 spiro atoms. The van der Waals surface area contributed by atoms with Crippen LogP contribution in [-0.4, -0.2) is 72.3 Å². The van der Waals surface area contributed by atoms with Crippen molar-refractivity contribution in [1.29, 1.82) is 0 Å². The van der Waals surface area contributed by atoms with E-state index < -0.39 is 48.2 Å². The summed E-state index contributed by atoms with van der Waals surface area (Å²) in [6.07, 6.45) is 2.31. The van der Waals surface area contributed by atoms with Crippen LogP contribution < -0.4 is 15.2 Å². The van der Waals surface area contributed by atoms with Crippen LogP contribution in [-0.2, 0) is 30.6 Å². The molecule has 214 valence electrons. The maximum atomic E-state index is 12.5. The number of carbonyl (C=O) groups is 1. The van der Waals surface area contributed by atoms with Gasteiger partial charge in [-0.25, -0.2) is 15.1 Å². The molecule has 15 heteroatoms. The lowest BCUT2D eigenvalue weighted by Crippen LogP contribution is -2.46. The molecule has 13 nitrogen and oxygen atoms in total. The number of rotatable bonds is 10. The Morgan fingerprint density at radius 3 is 2.73 bits per heavy atom. The van der Waals surface area contributed by atoms with Crippen LogP contribution in [0.5, 0.6) is 5.75 Å². The van der Waals surface area contributed by atoms with Gasteiger partial charge in [-0.15, -0.1) is 6.42 Å². The Bertz CT molecular complexity index is 1520. The number of hydrogen-bond acceptors (Lipinski definition) is 11. The van der Waals surface area contributed by atoms with Gasteiger partial charge in [0, 0.05) is 0 Å². The molecule has 1 aliphatic rings. The molecule has 4 N–H and O–H groups in total. The van der Waals surface area contributed by atoms with E-state index in [-0.39, 0.29) is 23.9 Å². The lowest BCUT2D eigenvalue weighted by molar-refractivity contribution is -0.149. The molecule has 0 radical (unpaired) electrons. The van der Waals surface area contributed by atoms with Gasteiger partial charge in [0.15, 0.2) is 23.0 Å². The summed E-state index contributed by atoms with van der Waals surface area (Å²) in [5.74, 6) is 2.31. The van der Waals surface area contributed by atoms with Gasteiger partial charge in [0.1, 0.15) is 29.8 Å². The number of aliphatic hydroxyl groups excluding tert-OH is 1. The van der Waals surface area contributed by atoms with E-state index in [0.29, 0.717) is 11.6 Å². The molecule has 2 aromatic heterocycles. The van der Waals surface area contributed by atoms with E-state index in [9.17, 15) is 19.8 Å². The van der Waals surface area contributed by atoms with Crippen LogP contribution in [0.4, 0.5) is 0 Å². The van der Waals surface area contributed by atoms with Crippen molar-refractivity contribution in [3.05, 3.63) is 52.8 Å². The van der Waals surface area contributed by atoms with Gasteiger partial charge in [0.2, 0.25) is 0 Å². The number of carbonyl (C=O) groups excluding carboxylic acids is 1. The Balaban J connectivity index is 1.59. The number of aromatic nitrogens is 4. The van der Waals surface area contributed by atoms with Gasteiger partial charge in [0.05, 0.1) is 19.0 Å². The lowest BCUT2D eigenvalue weighted by atomic mass is 9.95. The number of H-pyrrole nitrogens is 1. The number of terminal acetylenes is 1. The molecule has 0 aliphatic carbocycles. The molecule has 1 saturated heterocycles. The highest BCUT2D eigenvalue weighted by Gasteiger charge is 2.56. The van der Waals surface area contributed by atoms with E-state index in [4.69, 9.17) is 36.8 Å². The summed E-state index contributed by atoms with van der Waals surface area (Å²) in [6, 6.07) is 7.70. The van der Waals surface area contributed by atoms with E-state index in [1.807, 2.05) is 0 Å². The number of fused-ring (bicyclic) bond motifs is 1. The standard InChI is InChI=1S/C25H30N5O8PS/c1-6-25(34)20(31)18(37-24(25)30-13-26-19-21(30)27-16(5)28-22(19)32)12-35-39(40,38-17-10-8-7-9-11-17)29-15(4)23(33)36-14(2)3/h1,7-11,13-15,18,20,24,31,34H,12H2,2-5H3,(H,29,40)(H,27,28,32)/t15-,18+,20+,24+,25+,39?/m0/s1. The second-order valence-corrected chi connectivity index (χ2v) is 12.6. The number of nitrogens with one attached hydrogen (secondary N) is 2. The van der Waals surface area contributed by atoms with Crippen molar-refractivity contribution in [2.24, 2.45) is 0 Å². The van der Waals surface area contributed by atoms with Crippen molar-refractivity contribution in [2.45, 2.75) is 63.9 Å². The Hall–Kier alpha value is -3.15. The highest BCUT2D eigenvalue weighted by molar-refractivity contribution is 8.09. The number of nitrogens with zero attached hydrogens (tertiary/aromatic N) is 3. The van der Waals surface area contributed by atoms with Crippen LogP contribution in [0.1, 0.15) is 32.8 Å². The number of aryl methyl sites for hydroxylation is 1. The number of hydrogen-bond donors (Lipinski definition) is 4. The third kappa shape index (κ3) is 6.11. The minimum Gasteiger partial charge on any atom is -0.462 e. The average Bonchev–Trinajstić information content (AvgIpc) is 3.42. The van der Waals surface area contributed by atoms with Crippen molar-refractivity contribution >= 4 is 35.6 Å². The highest BCUT2D eigenvalue weighted by atomic mass is 32.5. The number of aromatic amines is 1. The van der Waals surface area contributed by atoms with Gasteiger partial charge in [0.25, 0.3) is 5.56 Å². The number of benzene rings is 1. The van der Waals surface area contributed by atoms with Crippen LogP contribution in [0.2, 0.25) is 0 Å². The van der Waals surface area contributed by atoms with Gasteiger partial charge < -0.3 is 33.7 Å². The fraction of sp³-hybridized carbons (Fsp3) is 0.440. The van der Waals surface area contributed by atoms with Gasteiger partial charge in [-0.3, -0.25) is 14.2 Å². The van der Waals surface area contributed by atoms with E-state index >= 15 is 0 Å². The SMILES string of the molecule is C#C[C@@]1(O)[C@H](O)[C@@H](COP(=S)(N[C@@H](C)C(=O)OC(C)C)Oc2ccccc2)O[C@H]1n1cnc2c(=O)[nH]c(C)nc21. The van der Waals surface area contributed by atoms with Crippen molar-refractivity contribution in [2.75, 3.05) is 6.61 Å². The molecule has 1 aromatic carbocycles. The maximum absolute atomic E-state index is 12.5. The van der Waals surface area contributed by atoms with Crippen LogP contribution in [0.15, 0.2) is 41.5 Å². The van der Waals surface area contributed by atoms with Crippen molar-refractivity contribution in [3.8, 4) is 18.1 Å². The molecule has 1 fully saturated rings. The van der Waals surface area contributed by atoms with Crippen LogP contribution in [0.25, 0.3) is 11.2 Å². The zero-order valence-corrected chi connectivity index (χ0v) is 23.9. The summed E-state index contributed by atoms with van der Waals surface area (Å²) in [5.41, 5.74) is -2.63. The molecule has 6 atom stereocenters. The topological polar surface area (TPSA) is 170 Å². The van der Waals surface area contributed by atoms with Crippen molar-refractivity contribution in [3.63, 3.8) is 0 Å². The van der Waals surface area contributed by atoms with Gasteiger partial charge in [-0.1, -0.05) is 24.1 Å². The first-order chi connectivity index (χ1) is 18.9. The van der Waals surface area contributed by atoms with Gasteiger partial charge in [-0.05, 0) is 51.6 Å². The number of imidazole rings is 1. The Labute approximate surface area is 235 Å². The summed E-state index contributed by atoms with van der Waals surface area (Å²) in [6.45, 7) is 2.71. The lowest BCUT2D eigenvalue weighted by Gasteiger charge is -2.28. The van der Waals surface area contributed by atoms with Crippen LogP contribution in [0.3, 0.4) is 0 Å². The first-order valence-electron chi connectivity index (χ1n) is 12.3. The predicted molar refractivity (Wildman–Crippen MR) is 148 cm³/mol. The summed E-state index contributed by atoms with van der Waals surface area (Å²) in [4.78, 5) is 35.6. The number of para-hydroxylation sites is 1. The first kappa shape index (κ1) is 29.8. The third-order valence-corrected chi connectivity index (χ3v) is 8.45. The molecule has 0 amide bonds. The highest BCUT2D eigenvalue weighted by Crippen LogP contribution is 2.47. The normalized spacial score (nSPS) is 24.9. The number of esters is 1. The quantitative estimate of drug-likeness (QED) is 0.152. The fourth-order valence-corrected chi connectivity index (χ4v) is 6.47. The van der Waals surface area contributed by atoms with Gasteiger partial charge >= 0.3 is 12.6 Å². The van der Waals surface area contributed by atoms with E-state index in [1.54, 1.807) is 58.0 Å². The molecule has 40 heavy (non-hydrogen) atoms. The number of ether oxygens (including phenoxy) is 2. The Kier molecular flexibility index (Phi) is 8.77. The fourth-order valence-electron chi connectivity index (χ4n) is 4.05. The molecule has 1 aliphatic heterocycles. The van der Waals surface area contributed by atoms with Crippen LogP contribution in [0, 0.1) is 19.3 Å². The van der Waals surface area contributed by atoms with Crippen molar-refractivity contribution < 1.29 is 33.5 Å². The van der Waals surface area contributed by atoms with E-state index in [1.165, 1.54) is 10.9 Å². The summed E-state index contributed by atoms with van der Waals surface area (Å²) in [7, 11) is 0. The molecule has 4 rings (SSSR count). The van der Waals surface area contributed by atoms with E-state index in [2.05, 4.69) is 26.0 Å². The maximum Gasteiger partial charge on any atom is 0.323 e. The predicted octanol–water partition coefficient (Wildman–Crippen LogP) is 1.30. The van der Waals surface area contributed by atoms with Gasteiger partial charge in [-0.2, -0.15) is 0 Å². The molecule has 0 bridgehead atoms. The minimum atomic E-state index is -3.47. The molecule has 3 aromatic rings. The summed E-state index contributed by atoms with van der Waals surface area (Å²) < 4.78 is 24.4. The third-order valence-electron chi connectivity index (χ3n) is 5.95. The molecular weight excluding hydrogens is 561 g/mol. The average molecular weight is 592 g/mol. The summed E-state index contributed by atoms with van der Waals surface area (Å²) >= 11 is 5.70. The zero-order valence-electron chi connectivity index (χ0n) is 22.2. The Morgan fingerprint density at radius 1 is 1.38 bits per heavy atom. The largest absolute Gasteiger partial charge is 0.462 e. The molecule has 3 heterocycles. The monoisotopic (exact) mass is 591 g/mol. The second kappa shape index (κ2) is 11.8. The first-order valence-corrected chi connectivity index (χ1v) is 15.0. The molecule has 1 unspecified atom stereocenters. The van der Waals surface area contributed by atoms with Crippen LogP contribution >= 0.6 is 6.64 Å². The number of aliphatic hydroxyl groups is 2. The molecular formula is C25H30N5O8PS. The Morgan fingerprint density at radius 2 is 2.08 bits per heavy atom. The minimum absolute atomic E-state index is 0.000921.